The number of rotatable bonds is 5. The predicted molar refractivity (Wildman–Crippen MR) is 158 cm³/mol. The fourth-order valence-electron chi connectivity index (χ4n) is 5.34. The molecule has 40 heavy (non-hydrogen) atoms. The molecule has 4 heterocycles. The molecule has 196 valence electrons. The zero-order chi connectivity index (χ0) is 27.4. The molecule has 10 heteroatoms. The van der Waals surface area contributed by atoms with E-state index in [1.165, 1.54) is 6.33 Å². The summed E-state index contributed by atoms with van der Waals surface area (Å²) in [5, 5.41) is 10.2. The highest BCUT2D eigenvalue weighted by Crippen LogP contribution is 2.32. The van der Waals surface area contributed by atoms with Crippen molar-refractivity contribution < 1.29 is 0 Å². The summed E-state index contributed by atoms with van der Waals surface area (Å²) in [4.78, 5) is 30.5. The van der Waals surface area contributed by atoms with Crippen LogP contribution >= 0.6 is 0 Å². The van der Waals surface area contributed by atoms with Crippen molar-refractivity contribution in [3.05, 3.63) is 101 Å². The van der Waals surface area contributed by atoms with Gasteiger partial charge in [0.2, 0.25) is 5.95 Å². The zero-order valence-corrected chi connectivity index (χ0v) is 21.9. The molecule has 0 aliphatic carbocycles. The molecule has 0 aliphatic rings. The van der Waals surface area contributed by atoms with Crippen LogP contribution < -0.4 is 16.6 Å². The molecule has 0 aliphatic heterocycles. The second-order valence-electron chi connectivity index (χ2n) is 9.68. The number of hydrogen-bond donors (Lipinski definition) is 3. The molecule has 0 saturated heterocycles. The number of nitrogen functional groups attached to an aromatic ring is 1. The lowest BCUT2D eigenvalue weighted by Gasteiger charge is -2.16. The first-order chi connectivity index (χ1) is 19.5. The van der Waals surface area contributed by atoms with Gasteiger partial charge in [-0.1, -0.05) is 42.5 Å². The second-order valence-corrected chi connectivity index (χ2v) is 9.68. The number of aromatic amines is 1. The number of para-hydroxylation sites is 1. The minimum absolute atomic E-state index is 0.0762. The molecule has 7 aromatic rings. The number of aromatic nitrogens is 7. The van der Waals surface area contributed by atoms with E-state index < -0.39 is 0 Å². The first-order valence-corrected chi connectivity index (χ1v) is 12.9. The molecule has 4 aromatic heterocycles. The van der Waals surface area contributed by atoms with Crippen molar-refractivity contribution >= 4 is 44.6 Å². The van der Waals surface area contributed by atoms with Gasteiger partial charge in [0.05, 0.1) is 28.4 Å². The van der Waals surface area contributed by atoms with Crippen molar-refractivity contribution in [2.24, 2.45) is 0 Å². The third kappa shape index (κ3) is 3.69. The van der Waals surface area contributed by atoms with E-state index in [1.54, 1.807) is 9.25 Å². The molecule has 0 bridgehead atoms. The first-order valence-electron chi connectivity index (χ1n) is 12.9. The molecule has 10 nitrogen and oxygen atoms in total. The van der Waals surface area contributed by atoms with Crippen LogP contribution in [0.15, 0.2) is 83.9 Å². The first kappa shape index (κ1) is 23.6. The van der Waals surface area contributed by atoms with Crippen molar-refractivity contribution in [2.45, 2.75) is 13.5 Å². The van der Waals surface area contributed by atoms with E-state index in [4.69, 9.17) is 10.8 Å². The number of hydrogen-bond acceptors (Lipinski definition) is 7. The normalized spacial score (nSPS) is 11.6. The lowest BCUT2D eigenvalue weighted by Crippen LogP contribution is -2.24. The van der Waals surface area contributed by atoms with Gasteiger partial charge < -0.3 is 16.0 Å². The Balaban J connectivity index is 1.45. The van der Waals surface area contributed by atoms with Gasteiger partial charge in [-0.15, -0.1) is 0 Å². The van der Waals surface area contributed by atoms with Gasteiger partial charge in [0.25, 0.3) is 5.56 Å². The van der Waals surface area contributed by atoms with E-state index >= 15 is 0 Å². The summed E-state index contributed by atoms with van der Waals surface area (Å²) in [7, 11) is 1.81. The van der Waals surface area contributed by atoms with Gasteiger partial charge in [0.1, 0.15) is 17.8 Å². The summed E-state index contributed by atoms with van der Waals surface area (Å²) < 4.78 is 3.54. The van der Waals surface area contributed by atoms with E-state index in [0.717, 1.165) is 38.9 Å². The van der Waals surface area contributed by atoms with Crippen LogP contribution in [0.25, 0.3) is 49.8 Å². The maximum absolute atomic E-state index is 13.9. The van der Waals surface area contributed by atoms with Crippen LogP contribution in [-0.4, -0.2) is 41.3 Å². The fourth-order valence-corrected chi connectivity index (χ4v) is 5.34. The largest absolute Gasteiger partial charge is 0.383 e. The van der Waals surface area contributed by atoms with Crippen molar-refractivity contribution in [3.63, 3.8) is 0 Å². The number of nitrogens with one attached hydrogen (secondary N) is 2. The number of aryl methyl sites for hydroxylation is 1. The summed E-state index contributed by atoms with van der Waals surface area (Å²) in [6, 6.07) is 23.5. The van der Waals surface area contributed by atoms with Crippen LogP contribution in [-0.2, 0) is 6.54 Å². The van der Waals surface area contributed by atoms with Crippen LogP contribution in [0.3, 0.4) is 0 Å². The van der Waals surface area contributed by atoms with Crippen molar-refractivity contribution in [2.75, 3.05) is 18.1 Å². The average Bonchev–Trinajstić information content (AvgIpc) is 3.55. The van der Waals surface area contributed by atoms with Crippen LogP contribution in [0.1, 0.15) is 11.3 Å². The molecule has 4 N–H and O–H groups in total. The van der Waals surface area contributed by atoms with E-state index in [9.17, 15) is 4.79 Å². The van der Waals surface area contributed by atoms with Crippen molar-refractivity contribution in [1.82, 2.24) is 34.3 Å². The maximum Gasteiger partial charge on any atom is 0.263 e. The molecule has 7 rings (SSSR count). The summed E-state index contributed by atoms with van der Waals surface area (Å²) >= 11 is 0. The van der Waals surface area contributed by atoms with Crippen molar-refractivity contribution in [1.29, 1.82) is 0 Å². The van der Waals surface area contributed by atoms with Gasteiger partial charge in [-0.05, 0) is 48.2 Å². The number of benzene rings is 3. The number of imidazole rings is 1. The minimum Gasteiger partial charge on any atom is -0.383 e. The Labute approximate surface area is 228 Å². The number of pyridine rings is 1. The molecule has 0 unspecified atom stereocenters. The third-order valence-corrected chi connectivity index (χ3v) is 7.21. The quantitative estimate of drug-likeness (QED) is 0.297. The van der Waals surface area contributed by atoms with Crippen LogP contribution in [0.5, 0.6) is 0 Å². The van der Waals surface area contributed by atoms with Gasteiger partial charge in [0.15, 0.2) is 5.65 Å². The maximum atomic E-state index is 13.9. The number of fused-ring (bicyclic) bond motifs is 3. The predicted octanol–water partition coefficient (Wildman–Crippen LogP) is 4.65. The molecule has 0 fully saturated rings. The Morgan fingerprint density at radius 3 is 2.65 bits per heavy atom. The van der Waals surface area contributed by atoms with Gasteiger partial charge in [-0.25, -0.2) is 19.6 Å². The SMILES string of the molecule is CNc1nc2ccc(-c3nn(Cc4cc5cccc(C)c5c(=O)n4-c4ccccc4)c4ncnc(N)c34)cc2[nH]1. The summed E-state index contributed by atoms with van der Waals surface area (Å²) in [6.45, 7) is 2.25. The lowest BCUT2D eigenvalue weighted by atomic mass is 10.1. The molecule has 0 saturated carbocycles. The summed E-state index contributed by atoms with van der Waals surface area (Å²) in [5.74, 6) is 1.01. The summed E-state index contributed by atoms with van der Waals surface area (Å²) in [5.41, 5.74) is 12.6. The Kier molecular flexibility index (Phi) is 5.34. The molecule has 3 aromatic carbocycles. The van der Waals surface area contributed by atoms with E-state index in [-0.39, 0.29) is 12.1 Å². The molecule has 0 spiro atoms. The molecule has 0 radical (unpaired) electrons. The second kappa shape index (κ2) is 9.05. The minimum atomic E-state index is -0.0762. The van der Waals surface area contributed by atoms with Gasteiger partial charge in [0, 0.05) is 24.0 Å². The van der Waals surface area contributed by atoms with Crippen LogP contribution in [0.4, 0.5) is 11.8 Å². The van der Waals surface area contributed by atoms with Crippen molar-refractivity contribution in [3.8, 4) is 16.9 Å². The van der Waals surface area contributed by atoms with E-state index in [1.807, 2.05) is 86.8 Å². The highest BCUT2D eigenvalue weighted by molar-refractivity contribution is 5.99. The lowest BCUT2D eigenvalue weighted by molar-refractivity contribution is 0.672. The average molecular weight is 528 g/mol. The fraction of sp³-hybridized carbons (Fsp3) is 0.100. The number of H-pyrrole nitrogens is 1. The Morgan fingerprint density at radius 1 is 0.975 bits per heavy atom. The zero-order valence-electron chi connectivity index (χ0n) is 21.9. The number of anilines is 2. The smallest absolute Gasteiger partial charge is 0.263 e. The van der Waals surface area contributed by atoms with E-state index in [0.29, 0.717) is 33.9 Å². The van der Waals surface area contributed by atoms with Gasteiger partial charge in [-0.3, -0.25) is 9.36 Å². The Hall–Kier alpha value is -5.51. The van der Waals surface area contributed by atoms with Crippen LogP contribution in [0.2, 0.25) is 0 Å². The Bertz CT molecular complexity index is 2120. The monoisotopic (exact) mass is 527 g/mol. The highest BCUT2D eigenvalue weighted by atomic mass is 16.1. The van der Waals surface area contributed by atoms with Crippen LogP contribution in [0, 0.1) is 6.92 Å². The summed E-state index contributed by atoms with van der Waals surface area (Å²) in [6.07, 6.45) is 1.44. The molecule has 0 atom stereocenters. The van der Waals surface area contributed by atoms with E-state index in [2.05, 4.69) is 25.3 Å². The Morgan fingerprint density at radius 2 is 1.82 bits per heavy atom. The molecule has 0 amide bonds. The third-order valence-electron chi connectivity index (χ3n) is 7.21. The molecular weight excluding hydrogens is 502 g/mol. The van der Waals surface area contributed by atoms with Gasteiger partial charge >= 0.3 is 0 Å². The molecular formula is C30H25N9O. The number of nitrogens with zero attached hydrogens (tertiary/aromatic N) is 6. The highest BCUT2D eigenvalue weighted by Gasteiger charge is 2.20. The standard InChI is InChI=1S/C30H25N9O/c1-17-7-6-8-18-13-21(39(29(40)24(17)18)20-9-4-3-5-10-20)15-38-28-25(27(31)33-16-34-28)26(37-38)19-11-12-22-23(14-19)36-30(32-2)35-22/h3-14,16H,15H2,1-2H3,(H2,31,33,34)(H2,32,35,36). The number of nitrogens with two attached hydrogens (primary N) is 1. The van der Waals surface area contributed by atoms with Gasteiger partial charge in [-0.2, -0.15) is 5.10 Å². The topological polar surface area (TPSA) is 132 Å².